The molecule has 1 atom stereocenters. The fourth-order valence-electron chi connectivity index (χ4n) is 2.54. The minimum Gasteiger partial charge on any atom is -0.497 e. The Morgan fingerprint density at radius 2 is 2.00 bits per heavy atom. The number of carbonyl (C=O) groups is 1. The van der Waals surface area contributed by atoms with Crippen LogP contribution in [0, 0.1) is 11.8 Å². The molecule has 0 aromatic heterocycles. The van der Waals surface area contributed by atoms with E-state index in [4.69, 9.17) is 9.47 Å². The van der Waals surface area contributed by atoms with Gasteiger partial charge in [-0.05, 0) is 13.3 Å². The van der Waals surface area contributed by atoms with Gasteiger partial charge in [0.2, 0.25) is 0 Å². The van der Waals surface area contributed by atoms with Crippen molar-refractivity contribution in [3.05, 3.63) is 18.2 Å². The zero-order chi connectivity index (χ0) is 16.7. The van der Waals surface area contributed by atoms with Gasteiger partial charge < -0.3 is 25.0 Å². The van der Waals surface area contributed by atoms with Crippen LogP contribution in [0.4, 0.5) is 10.5 Å². The Labute approximate surface area is 137 Å². The maximum Gasteiger partial charge on any atom is 0.315 e. The maximum absolute atomic E-state index is 11.8. The van der Waals surface area contributed by atoms with Gasteiger partial charge in [0, 0.05) is 43.0 Å². The van der Waals surface area contributed by atoms with E-state index in [2.05, 4.69) is 27.4 Å². The third-order valence-electron chi connectivity index (χ3n) is 3.74. The highest BCUT2D eigenvalue weighted by atomic mass is 16.5. The molecule has 124 valence electrons. The number of anilines is 1. The Balaban J connectivity index is 1.94. The molecule has 0 saturated carbocycles. The number of benzene rings is 1. The standard InChI is InChI=1S/C17H23N3O3/c1-4-5-7-18-17(21)19-13-6-8-20(12-13)14-9-15(22-2)11-16(10-14)23-3/h9-11,13H,6-8,12H2,1-3H3,(H2,18,19,21). The van der Waals surface area contributed by atoms with E-state index in [-0.39, 0.29) is 12.1 Å². The molecule has 1 aromatic rings. The van der Waals surface area contributed by atoms with Crippen LogP contribution in [-0.2, 0) is 0 Å². The second-order valence-corrected chi connectivity index (χ2v) is 5.26. The van der Waals surface area contributed by atoms with Crippen molar-refractivity contribution in [3.63, 3.8) is 0 Å². The van der Waals surface area contributed by atoms with Gasteiger partial charge in [-0.15, -0.1) is 5.92 Å². The van der Waals surface area contributed by atoms with E-state index in [1.165, 1.54) is 0 Å². The van der Waals surface area contributed by atoms with E-state index in [0.717, 1.165) is 36.7 Å². The molecular weight excluding hydrogens is 294 g/mol. The van der Waals surface area contributed by atoms with E-state index in [1.807, 2.05) is 18.2 Å². The lowest BCUT2D eigenvalue weighted by Crippen LogP contribution is -2.43. The summed E-state index contributed by atoms with van der Waals surface area (Å²) >= 11 is 0. The third-order valence-corrected chi connectivity index (χ3v) is 3.74. The van der Waals surface area contributed by atoms with Gasteiger partial charge in [-0.1, -0.05) is 5.92 Å². The first-order valence-electron chi connectivity index (χ1n) is 7.58. The van der Waals surface area contributed by atoms with Gasteiger partial charge in [-0.25, -0.2) is 4.79 Å². The van der Waals surface area contributed by atoms with Crippen molar-refractivity contribution in [2.24, 2.45) is 0 Å². The number of hydrogen-bond acceptors (Lipinski definition) is 4. The summed E-state index contributed by atoms with van der Waals surface area (Å²) in [5, 5.41) is 5.69. The largest absolute Gasteiger partial charge is 0.497 e. The summed E-state index contributed by atoms with van der Waals surface area (Å²) in [6.45, 7) is 3.74. The highest BCUT2D eigenvalue weighted by Gasteiger charge is 2.24. The minimum absolute atomic E-state index is 0.113. The Bertz CT molecular complexity index is 585. The average Bonchev–Trinajstić information content (AvgIpc) is 3.03. The molecule has 1 unspecified atom stereocenters. The van der Waals surface area contributed by atoms with Crippen LogP contribution in [0.25, 0.3) is 0 Å². The first-order valence-corrected chi connectivity index (χ1v) is 7.58. The summed E-state index contributed by atoms with van der Waals surface area (Å²) in [6.07, 6.45) is 0.895. The molecule has 6 nitrogen and oxygen atoms in total. The van der Waals surface area contributed by atoms with Crippen molar-refractivity contribution in [1.29, 1.82) is 0 Å². The second-order valence-electron chi connectivity index (χ2n) is 5.26. The van der Waals surface area contributed by atoms with Crippen LogP contribution >= 0.6 is 0 Å². The zero-order valence-corrected chi connectivity index (χ0v) is 13.8. The van der Waals surface area contributed by atoms with E-state index in [1.54, 1.807) is 21.1 Å². The zero-order valence-electron chi connectivity index (χ0n) is 13.8. The van der Waals surface area contributed by atoms with Gasteiger partial charge in [0.25, 0.3) is 0 Å². The molecule has 1 heterocycles. The lowest BCUT2D eigenvalue weighted by atomic mass is 10.2. The minimum atomic E-state index is -0.178. The van der Waals surface area contributed by atoms with Crippen molar-refractivity contribution in [2.45, 2.75) is 19.4 Å². The molecule has 0 radical (unpaired) electrons. The number of carbonyl (C=O) groups excluding carboxylic acids is 1. The first-order chi connectivity index (χ1) is 11.2. The monoisotopic (exact) mass is 317 g/mol. The van der Waals surface area contributed by atoms with Gasteiger partial charge in [0.05, 0.1) is 20.8 Å². The number of ether oxygens (including phenoxy) is 2. The molecule has 0 bridgehead atoms. The summed E-state index contributed by atoms with van der Waals surface area (Å²) < 4.78 is 10.6. The highest BCUT2D eigenvalue weighted by Crippen LogP contribution is 2.30. The predicted molar refractivity (Wildman–Crippen MR) is 90.1 cm³/mol. The second kappa shape index (κ2) is 8.18. The average molecular weight is 317 g/mol. The third kappa shape index (κ3) is 4.71. The smallest absolute Gasteiger partial charge is 0.315 e. The molecule has 0 aliphatic carbocycles. The van der Waals surface area contributed by atoms with Crippen LogP contribution in [0.1, 0.15) is 13.3 Å². The maximum atomic E-state index is 11.8. The van der Waals surface area contributed by atoms with Crippen LogP contribution in [0.15, 0.2) is 18.2 Å². The fourth-order valence-corrected chi connectivity index (χ4v) is 2.54. The van der Waals surface area contributed by atoms with Crippen molar-refractivity contribution < 1.29 is 14.3 Å². The Morgan fingerprint density at radius 3 is 2.61 bits per heavy atom. The number of rotatable bonds is 5. The fraction of sp³-hybridized carbons (Fsp3) is 0.471. The van der Waals surface area contributed by atoms with Gasteiger partial charge in [0.1, 0.15) is 11.5 Å². The molecule has 1 saturated heterocycles. The molecule has 2 N–H and O–H groups in total. The van der Waals surface area contributed by atoms with E-state index in [9.17, 15) is 4.79 Å². The molecule has 1 aliphatic heterocycles. The van der Waals surface area contributed by atoms with Crippen LogP contribution in [0.5, 0.6) is 11.5 Å². The molecule has 6 heteroatoms. The molecule has 2 amide bonds. The molecule has 1 aliphatic rings. The number of urea groups is 1. The Morgan fingerprint density at radius 1 is 1.30 bits per heavy atom. The van der Waals surface area contributed by atoms with Crippen molar-refractivity contribution >= 4 is 11.7 Å². The Hall–Kier alpha value is -2.55. The SMILES string of the molecule is CC#CCNC(=O)NC1CCN(c2cc(OC)cc(OC)c2)C1. The lowest BCUT2D eigenvalue weighted by molar-refractivity contribution is 0.239. The summed E-state index contributed by atoms with van der Waals surface area (Å²) in [7, 11) is 3.27. The number of methoxy groups -OCH3 is 2. The van der Waals surface area contributed by atoms with Crippen molar-refractivity contribution in [2.75, 3.05) is 38.8 Å². The van der Waals surface area contributed by atoms with Gasteiger partial charge >= 0.3 is 6.03 Å². The summed E-state index contributed by atoms with van der Waals surface area (Å²) in [6, 6.07) is 5.73. The van der Waals surface area contributed by atoms with Crippen LogP contribution in [-0.4, -0.2) is 45.9 Å². The van der Waals surface area contributed by atoms with Gasteiger partial charge in [-0.2, -0.15) is 0 Å². The number of amides is 2. The van der Waals surface area contributed by atoms with Crippen LogP contribution in [0.2, 0.25) is 0 Å². The molecule has 1 fully saturated rings. The van der Waals surface area contributed by atoms with Crippen molar-refractivity contribution in [3.8, 4) is 23.3 Å². The summed E-state index contributed by atoms with van der Waals surface area (Å²) in [4.78, 5) is 14.0. The topological polar surface area (TPSA) is 62.8 Å². The number of nitrogens with one attached hydrogen (secondary N) is 2. The van der Waals surface area contributed by atoms with E-state index < -0.39 is 0 Å². The van der Waals surface area contributed by atoms with Crippen LogP contribution < -0.4 is 25.0 Å². The molecular formula is C17H23N3O3. The lowest BCUT2D eigenvalue weighted by Gasteiger charge is -2.20. The van der Waals surface area contributed by atoms with E-state index in [0.29, 0.717) is 6.54 Å². The van der Waals surface area contributed by atoms with Crippen molar-refractivity contribution in [1.82, 2.24) is 10.6 Å². The van der Waals surface area contributed by atoms with Crippen LogP contribution in [0.3, 0.4) is 0 Å². The molecule has 0 spiro atoms. The van der Waals surface area contributed by atoms with E-state index >= 15 is 0 Å². The predicted octanol–water partition coefficient (Wildman–Crippen LogP) is 1.60. The summed E-state index contributed by atoms with van der Waals surface area (Å²) in [5.41, 5.74) is 1.03. The molecule has 1 aromatic carbocycles. The number of hydrogen-bond donors (Lipinski definition) is 2. The molecule has 23 heavy (non-hydrogen) atoms. The Kier molecular flexibility index (Phi) is 5.98. The highest BCUT2D eigenvalue weighted by molar-refractivity contribution is 5.74. The van der Waals surface area contributed by atoms with Gasteiger partial charge in [0.15, 0.2) is 0 Å². The number of nitrogens with zero attached hydrogens (tertiary/aromatic N) is 1. The van der Waals surface area contributed by atoms with Gasteiger partial charge in [-0.3, -0.25) is 0 Å². The first kappa shape index (κ1) is 16.8. The summed E-state index contributed by atoms with van der Waals surface area (Å²) in [5.74, 6) is 7.06. The molecule has 2 rings (SSSR count). The quantitative estimate of drug-likeness (QED) is 0.810. The normalized spacial score (nSPS) is 16.3.